The molecule has 2 N–H and O–H groups in total. The number of anilines is 1. The van der Waals surface area contributed by atoms with Gasteiger partial charge in [-0.2, -0.15) is 0 Å². The van der Waals surface area contributed by atoms with Gasteiger partial charge in [-0.3, -0.25) is 4.79 Å². The second-order valence-corrected chi connectivity index (χ2v) is 3.61. The number of hydrogen-bond acceptors (Lipinski definition) is 2. The van der Waals surface area contributed by atoms with Crippen molar-refractivity contribution in [3.63, 3.8) is 0 Å². The summed E-state index contributed by atoms with van der Waals surface area (Å²) in [5, 5.41) is 0.749. The number of carbonyl (C=O) groups excluding carboxylic acids is 1. The van der Waals surface area contributed by atoms with Crippen LogP contribution in [0.4, 0.5) is 5.69 Å². The van der Waals surface area contributed by atoms with E-state index in [0.29, 0.717) is 6.42 Å². The fraction of sp³-hybridized carbons (Fsp3) is 0.300. The van der Waals surface area contributed by atoms with Gasteiger partial charge < -0.3 is 5.73 Å². The number of halogens is 1. The highest BCUT2D eigenvalue weighted by atomic mass is 79.9. The van der Waals surface area contributed by atoms with Crippen LogP contribution in [-0.4, -0.2) is 5.78 Å². The summed E-state index contributed by atoms with van der Waals surface area (Å²) < 4.78 is 0. The van der Waals surface area contributed by atoms with Crippen molar-refractivity contribution in [3.8, 4) is 0 Å². The molecule has 13 heavy (non-hydrogen) atoms. The number of alkyl halides is 1. The summed E-state index contributed by atoms with van der Waals surface area (Å²) in [7, 11) is 0. The Kier molecular flexibility index (Phi) is 3.48. The lowest BCUT2D eigenvalue weighted by Crippen LogP contribution is -1.99. The van der Waals surface area contributed by atoms with Gasteiger partial charge in [0.2, 0.25) is 0 Å². The molecule has 0 fully saturated rings. The molecule has 3 heteroatoms. The van der Waals surface area contributed by atoms with Crippen LogP contribution in [-0.2, 0) is 16.5 Å². The number of benzene rings is 1. The zero-order valence-electron chi connectivity index (χ0n) is 7.51. The van der Waals surface area contributed by atoms with Crippen molar-refractivity contribution in [1.82, 2.24) is 0 Å². The highest BCUT2D eigenvalue weighted by molar-refractivity contribution is 9.08. The molecule has 1 aromatic rings. The molecule has 0 radical (unpaired) electrons. The summed E-state index contributed by atoms with van der Waals surface area (Å²) in [6.07, 6.45) is 0.465. The molecule has 0 aromatic heterocycles. The predicted octanol–water partition coefficient (Wildman–Crippen LogP) is 2.30. The maximum absolute atomic E-state index is 10.8. The quantitative estimate of drug-likeness (QED) is 0.652. The summed E-state index contributed by atoms with van der Waals surface area (Å²) >= 11 is 3.34. The first kappa shape index (κ1) is 10.3. The number of hydrogen-bond donors (Lipinski definition) is 1. The minimum Gasteiger partial charge on any atom is -0.398 e. The molecule has 0 bridgehead atoms. The second-order valence-electron chi connectivity index (χ2n) is 3.05. The van der Waals surface area contributed by atoms with E-state index in [1.807, 2.05) is 18.2 Å². The van der Waals surface area contributed by atoms with Gasteiger partial charge in [-0.25, -0.2) is 0 Å². The SMILES string of the molecule is CC(=O)Cc1ccc(CBr)c(N)c1. The van der Waals surface area contributed by atoms with Gasteiger partial charge >= 0.3 is 0 Å². The Balaban J connectivity index is 2.89. The van der Waals surface area contributed by atoms with Gasteiger partial charge in [0.15, 0.2) is 0 Å². The monoisotopic (exact) mass is 241 g/mol. The average molecular weight is 242 g/mol. The highest BCUT2D eigenvalue weighted by Crippen LogP contribution is 2.17. The first-order chi connectivity index (χ1) is 6.13. The number of carbonyl (C=O) groups is 1. The van der Waals surface area contributed by atoms with E-state index in [1.54, 1.807) is 6.92 Å². The lowest BCUT2D eigenvalue weighted by Gasteiger charge is -2.04. The van der Waals surface area contributed by atoms with Crippen molar-refractivity contribution in [2.24, 2.45) is 0 Å². The van der Waals surface area contributed by atoms with Crippen LogP contribution in [0.1, 0.15) is 18.1 Å². The van der Waals surface area contributed by atoms with E-state index in [4.69, 9.17) is 5.73 Å². The molecular formula is C10H12BrNO. The second kappa shape index (κ2) is 4.42. The highest BCUT2D eigenvalue weighted by Gasteiger charge is 2.01. The summed E-state index contributed by atoms with van der Waals surface area (Å²) in [6.45, 7) is 1.58. The minimum absolute atomic E-state index is 0.158. The molecule has 1 rings (SSSR count). The maximum atomic E-state index is 10.8. The fourth-order valence-corrected chi connectivity index (χ4v) is 1.67. The lowest BCUT2D eigenvalue weighted by atomic mass is 10.1. The van der Waals surface area contributed by atoms with Crippen LogP contribution in [0.15, 0.2) is 18.2 Å². The predicted molar refractivity (Wildman–Crippen MR) is 57.9 cm³/mol. The van der Waals surface area contributed by atoms with E-state index < -0.39 is 0 Å². The number of Topliss-reactive ketones (excluding diaryl/α,β-unsaturated/α-hetero) is 1. The Bertz CT molecular complexity index is 323. The van der Waals surface area contributed by atoms with Crippen LogP contribution in [0.25, 0.3) is 0 Å². The summed E-state index contributed by atoms with van der Waals surface area (Å²) in [5.41, 5.74) is 8.56. The topological polar surface area (TPSA) is 43.1 Å². The third kappa shape index (κ3) is 2.84. The third-order valence-corrected chi connectivity index (χ3v) is 2.41. The molecule has 0 amide bonds. The first-order valence-corrected chi connectivity index (χ1v) is 5.18. The first-order valence-electron chi connectivity index (χ1n) is 4.06. The molecule has 0 aliphatic heterocycles. The number of ketones is 1. The van der Waals surface area contributed by atoms with Gasteiger partial charge in [0.1, 0.15) is 5.78 Å². The third-order valence-electron chi connectivity index (χ3n) is 1.81. The molecular weight excluding hydrogens is 230 g/mol. The molecule has 0 heterocycles. The zero-order valence-corrected chi connectivity index (χ0v) is 9.10. The molecule has 0 unspecified atom stereocenters. The summed E-state index contributed by atoms with van der Waals surface area (Å²) in [4.78, 5) is 10.8. The van der Waals surface area contributed by atoms with Crippen LogP contribution in [0.2, 0.25) is 0 Å². The van der Waals surface area contributed by atoms with E-state index in [-0.39, 0.29) is 5.78 Å². The zero-order chi connectivity index (χ0) is 9.84. The Morgan fingerprint density at radius 2 is 2.23 bits per heavy atom. The van der Waals surface area contributed by atoms with Crippen LogP contribution >= 0.6 is 15.9 Å². The van der Waals surface area contributed by atoms with Gasteiger partial charge in [-0.1, -0.05) is 28.1 Å². The molecule has 0 atom stereocenters. The largest absolute Gasteiger partial charge is 0.398 e. The lowest BCUT2D eigenvalue weighted by molar-refractivity contribution is -0.116. The Morgan fingerprint density at radius 3 is 2.69 bits per heavy atom. The van der Waals surface area contributed by atoms with Crippen LogP contribution in [0, 0.1) is 0 Å². The normalized spacial score (nSPS) is 10.0. The van der Waals surface area contributed by atoms with Crippen molar-refractivity contribution >= 4 is 27.4 Å². The number of nitrogen functional groups attached to an aromatic ring is 1. The van der Waals surface area contributed by atoms with Crippen LogP contribution in [0.3, 0.4) is 0 Å². The van der Waals surface area contributed by atoms with Crippen LogP contribution in [0.5, 0.6) is 0 Å². The molecule has 1 aromatic carbocycles. The van der Waals surface area contributed by atoms with Gasteiger partial charge in [0.25, 0.3) is 0 Å². The van der Waals surface area contributed by atoms with Crippen molar-refractivity contribution in [3.05, 3.63) is 29.3 Å². The van der Waals surface area contributed by atoms with E-state index in [1.165, 1.54) is 0 Å². The minimum atomic E-state index is 0.158. The smallest absolute Gasteiger partial charge is 0.134 e. The number of rotatable bonds is 3. The average Bonchev–Trinajstić information content (AvgIpc) is 2.03. The van der Waals surface area contributed by atoms with Crippen molar-refractivity contribution in [2.45, 2.75) is 18.7 Å². The van der Waals surface area contributed by atoms with Gasteiger partial charge in [-0.05, 0) is 24.1 Å². The van der Waals surface area contributed by atoms with Gasteiger partial charge in [0.05, 0.1) is 0 Å². The fourth-order valence-electron chi connectivity index (χ4n) is 1.16. The molecule has 70 valence electrons. The standard InChI is InChI=1S/C10H12BrNO/c1-7(13)4-8-2-3-9(6-11)10(12)5-8/h2-3,5H,4,6,12H2,1H3. The summed E-state index contributed by atoms with van der Waals surface area (Å²) in [5.74, 6) is 0.158. The molecule has 0 saturated heterocycles. The van der Waals surface area contributed by atoms with Gasteiger partial charge in [0, 0.05) is 17.4 Å². The Hall–Kier alpha value is -0.830. The number of nitrogens with two attached hydrogens (primary N) is 1. The van der Waals surface area contributed by atoms with Crippen molar-refractivity contribution in [2.75, 3.05) is 5.73 Å². The van der Waals surface area contributed by atoms with E-state index in [2.05, 4.69) is 15.9 Å². The Labute approximate surface area is 86.3 Å². The molecule has 0 aliphatic rings. The van der Waals surface area contributed by atoms with E-state index in [9.17, 15) is 4.79 Å². The van der Waals surface area contributed by atoms with E-state index >= 15 is 0 Å². The summed E-state index contributed by atoms with van der Waals surface area (Å²) in [6, 6.07) is 5.74. The molecule has 0 aliphatic carbocycles. The molecule has 2 nitrogen and oxygen atoms in total. The maximum Gasteiger partial charge on any atom is 0.134 e. The van der Waals surface area contributed by atoms with Crippen molar-refractivity contribution in [1.29, 1.82) is 0 Å². The van der Waals surface area contributed by atoms with Gasteiger partial charge in [-0.15, -0.1) is 0 Å². The molecule has 0 saturated carbocycles. The Morgan fingerprint density at radius 1 is 1.54 bits per heavy atom. The molecule has 0 spiro atoms. The van der Waals surface area contributed by atoms with Crippen LogP contribution < -0.4 is 5.73 Å². The van der Waals surface area contributed by atoms with E-state index in [0.717, 1.165) is 22.1 Å². The van der Waals surface area contributed by atoms with Crippen molar-refractivity contribution < 1.29 is 4.79 Å².